The smallest absolute Gasteiger partial charge is 0.255 e. The fraction of sp³-hybridized carbons (Fsp3) is 0.500. The molecule has 0 fully saturated rings. The summed E-state index contributed by atoms with van der Waals surface area (Å²) >= 11 is 0. The summed E-state index contributed by atoms with van der Waals surface area (Å²) in [4.78, 5) is 11.6. The molecule has 0 aliphatic heterocycles. The van der Waals surface area contributed by atoms with Gasteiger partial charge in [0.05, 0.1) is 5.56 Å². The molecule has 4 nitrogen and oxygen atoms in total. The maximum absolute atomic E-state index is 11.6. The molecule has 0 bridgehead atoms. The van der Waals surface area contributed by atoms with Gasteiger partial charge in [-0.3, -0.25) is 4.79 Å². The minimum Gasteiger partial charge on any atom is -0.469 e. The van der Waals surface area contributed by atoms with Crippen molar-refractivity contribution in [2.75, 3.05) is 6.54 Å². The van der Waals surface area contributed by atoms with Gasteiger partial charge in [0, 0.05) is 12.1 Å². The summed E-state index contributed by atoms with van der Waals surface area (Å²) < 4.78 is 5.04. The quantitative estimate of drug-likeness (QED) is 0.759. The van der Waals surface area contributed by atoms with Gasteiger partial charge in [-0.15, -0.1) is 0 Å². The highest BCUT2D eigenvalue weighted by molar-refractivity contribution is 5.94. The van der Waals surface area contributed by atoms with Gasteiger partial charge in [-0.2, -0.15) is 0 Å². The van der Waals surface area contributed by atoms with E-state index in [1.54, 1.807) is 13.0 Å². The van der Waals surface area contributed by atoms with Crippen LogP contribution < -0.4 is 11.1 Å². The summed E-state index contributed by atoms with van der Waals surface area (Å²) in [6, 6.07) is 1.70. The van der Waals surface area contributed by atoms with Gasteiger partial charge < -0.3 is 15.5 Å². The second kappa shape index (κ2) is 3.84. The van der Waals surface area contributed by atoms with Crippen LogP contribution in [0.2, 0.25) is 0 Å². The molecule has 0 aliphatic carbocycles. The van der Waals surface area contributed by atoms with Crippen molar-refractivity contribution in [2.24, 2.45) is 5.73 Å². The molecular weight excluding hydrogens is 180 g/mol. The molecule has 14 heavy (non-hydrogen) atoms. The Bertz CT molecular complexity index is 329. The van der Waals surface area contributed by atoms with Crippen LogP contribution in [0.1, 0.15) is 30.0 Å². The summed E-state index contributed by atoms with van der Waals surface area (Å²) in [5, 5.41) is 2.81. The van der Waals surface area contributed by atoms with Crippen LogP contribution in [0.3, 0.4) is 0 Å². The predicted molar refractivity (Wildman–Crippen MR) is 54.0 cm³/mol. The van der Waals surface area contributed by atoms with Crippen LogP contribution in [0.25, 0.3) is 0 Å². The first-order valence-corrected chi connectivity index (χ1v) is 4.52. The lowest BCUT2D eigenvalue weighted by Crippen LogP contribution is -2.48. The zero-order chi connectivity index (χ0) is 10.8. The maximum Gasteiger partial charge on any atom is 0.255 e. The second-order valence-electron chi connectivity index (χ2n) is 3.99. The first-order chi connectivity index (χ1) is 6.44. The number of aryl methyl sites for hydroxylation is 1. The molecule has 78 valence electrons. The number of furan rings is 1. The fourth-order valence-corrected chi connectivity index (χ4v) is 0.993. The molecule has 1 heterocycles. The first-order valence-electron chi connectivity index (χ1n) is 4.52. The number of amides is 1. The van der Waals surface area contributed by atoms with Crippen molar-refractivity contribution in [3.05, 3.63) is 23.7 Å². The Balaban J connectivity index is 2.68. The Morgan fingerprint density at radius 1 is 1.64 bits per heavy atom. The molecular formula is C10H16N2O2. The monoisotopic (exact) mass is 196 g/mol. The van der Waals surface area contributed by atoms with Crippen LogP contribution in [0.4, 0.5) is 0 Å². The third-order valence-electron chi connectivity index (χ3n) is 1.95. The van der Waals surface area contributed by atoms with E-state index >= 15 is 0 Å². The van der Waals surface area contributed by atoms with Crippen molar-refractivity contribution in [3.8, 4) is 0 Å². The minimum absolute atomic E-state index is 0.155. The maximum atomic E-state index is 11.6. The van der Waals surface area contributed by atoms with Gasteiger partial charge in [0.25, 0.3) is 5.91 Å². The van der Waals surface area contributed by atoms with Gasteiger partial charge in [0.15, 0.2) is 0 Å². The van der Waals surface area contributed by atoms with E-state index in [1.165, 1.54) is 6.26 Å². The van der Waals surface area contributed by atoms with Gasteiger partial charge in [-0.1, -0.05) is 0 Å². The molecule has 0 unspecified atom stereocenters. The van der Waals surface area contributed by atoms with E-state index in [0.29, 0.717) is 12.1 Å². The average molecular weight is 196 g/mol. The third-order valence-corrected chi connectivity index (χ3v) is 1.95. The summed E-state index contributed by atoms with van der Waals surface area (Å²) in [6.07, 6.45) is 1.44. The predicted octanol–water partition coefficient (Wildman–Crippen LogP) is 1.06. The molecule has 0 saturated heterocycles. The molecule has 1 aromatic rings. The molecule has 0 spiro atoms. The van der Waals surface area contributed by atoms with Crippen LogP contribution in [-0.4, -0.2) is 18.0 Å². The van der Waals surface area contributed by atoms with E-state index in [9.17, 15) is 4.79 Å². The average Bonchev–Trinajstić information content (AvgIpc) is 2.51. The lowest BCUT2D eigenvalue weighted by Gasteiger charge is -2.23. The molecule has 0 aliphatic rings. The van der Waals surface area contributed by atoms with Gasteiger partial charge in [-0.25, -0.2) is 0 Å². The highest BCUT2D eigenvalue weighted by atomic mass is 16.3. The number of hydrogen-bond donors (Lipinski definition) is 2. The molecule has 0 saturated carbocycles. The van der Waals surface area contributed by atoms with Crippen LogP contribution in [0.15, 0.2) is 16.7 Å². The fourth-order valence-electron chi connectivity index (χ4n) is 0.993. The van der Waals surface area contributed by atoms with E-state index in [4.69, 9.17) is 10.2 Å². The lowest BCUT2D eigenvalue weighted by molar-refractivity contribution is 0.0915. The van der Waals surface area contributed by atoms with Crippen LogP contribution in [-0.2, 0) is 0 Å². The number of hydrogen-bond acceptors (Lipinski definition) is 3. The van der Waals surface area contributed by atoms with Gasteiger partial charge in [-0.05, 0) is 26.8 Å². The standard InChI is InChI=1S/C10H16N2O2/c1-7-4-8(5-14-7)9(13)12-10(2,3)6-11/h4-5H,6,11H2,1-3H3,(H,12,13). The molecule has 3 N–H and O–H groups in total. The number of carbonyl (C=O) groups is 1. The first kappa shape index (κ1) is 10.8. The van der Waals surface area contributed by atoms with Crippen LogP contribution in [0, 0.1) is 6.92 Å². The van der Waals surface area contributed by atoms with Crippen molar-refractivity contribution in [1.29, 1.82) is 0 Å². The largest absolute Gasteiger partial charge is 0.469 e. The Morgan fingerprint density at radius 3 is 2.71 bits per heavy atom. The number of rotatable bonds is 3. The van der Waals surface area contributed by atoms with E-state index < -0.39 is 0 Å². The number of carbonyl (C=O) groups excluding carboxylic acids is 1. The Labute approximate surface area is 83.5 Å². The third kappa shape index (κ3) is 2.60. The van der Waals surface area contributed by atoms with Gasteiger partial charge >= 0.3 is 0 Å². The molecule has 0 aromatic carbocycles. The highest BCUT2D eigenvalue weighted by Crippen LogP contribution is 2.08. The molecule has 0 radical (unpaired) electrons. The highest BCUT2D eigenvalue weighted by Gasteiger charge is 2.19. The molecule has 1 amide bonds. The molecule has 1 rings (SSSR count). The van der Waals surface area contributed by atoms with Gasteiger partial charge in [0.2, 0.25) is 0 Å². The van der Waals surface area contributed by atoms with Crippen molar-refractivity contribution < 1.29 is 9.21 Å². The number of nitrogens with one attached hydrogen (secondary N) is 1. The van der Waals surface area contributed by atoms with Crippen molar-refractivity contribution in [2.45, 2.75) is 26.3 Å². The van der Waals surface area contributed by atoms with Crippen LogP contribution >= 0.6 is 0 Å². The lowest BCUT2D eigenvalue weighted by atomic mass is 10.1. The molecule has 4 heteroatoms. The van der Waals surface area contributed by atoms with Crippen molar-refractivity contribution in [1.82, 2.24) is 5.32 Å². The number of nitrogens with two attached hydrogens (primary N) is 1. The molecule has 1 aromatic heterocycles. The summed E-state index contributed by atoms with van der Waals surface area (Å²) in [5.41, 5.74) is 5.64. The zero-order valence-corrected chi connectivity index (χ0v) is 8.76. The normalized spacial score (nSPS) is 11.4. The second-order valence-corrected chi connectivity index (χ2v) is 3.99. The zero-order valence-electron chi connectivity index (χ0n) is 8.76. The van der Waals surface area contributed by atoms with Crippen molar-refractivity contribution >= 4 is 5.91 Å². The van der Waals surface area contributed by atoms with E-state index in [2.05, 4.69) is 5.32 Å². The van der Waals surface area contributed by atoms with Crippen LogP contribution in [0.5, 0.6) is 0 Å². The van der Waals surface area contributed by atoms with E-state index in [0.717, 1.165) is 5.76 Å². The topological polar surface area (TPSA) is 68.3 Å². The van der Waals surface area contributed by atoms with Crippen molar-refractivity contribution in [3.63, 3.8) is 0 Å². The van der Waals surface area contributed by atoms with E-state index in [-0.39, 0.29) is 11.4 Å². The molecule has 0 atom stereocenters. The summed E-state index contributed by atoms with van der Waals surface area (Å²) in [6.45, 7) is 5.94. The SMILES string of the molecule is Cc1cc(C(=O)NC(C)(C)CN)co1. The summed E-state index contributed by atoms with van der Waals surface area (Å²) in [5.74, 6) is 0.568. The Morgan fingerprint density at radius 2 is 2.29 bits per heavy atom. The van der Waals surface area contributed by atoms with E-state index in [1.807, 2.05) is 13.8 Å². The Kier molecular flexibility index (Phi) is 2.96. The van der Waals surface area contributed by atoms with Gasteiger partial charge in [0.1, 0.15) is 12.0 Å². The Hall–Kier alpha value is -1.29. The summed E-state index contributed by atoms with van der Waals surface area (Å²) in [7, 11) is 0. The minimum atomic E-state index is -0.387.